The smallest absolute Gasteiger partial charge is 0.437 e. The van der Waals surface area contributed by atoms with Crippen LogP contribution in [0.15, 0.2) is 5.16 Å². The third-order valence-electron chi connectivity index (χ3n) is 3.74. The first kappa shape index (κ1) is 25.1. The number of nitrogens with zero attached hydrogens (tertiary/aromatic N) is 3. The molecular formula is C15H25N3O10S. The summed E-state index contributed by atoms with van der Waals surface area (Å²) in [5.41, 5.74) is 0. The van der Waals surface area contributed by atoms with Crippen molar-refractivity contribution < 1.29 is 48.8 Å². The molecule has 5 atom stereocenters. The van der Waals surface area contributed by atoms with Crippen molar-refractivity contribution in [1.82, 2.24) is 9.80 Å². The van der Waals surface area contributed by atoms with E-state index >= 15 is 0 Å². The van der Waals surface area contributed by atoms with E-state index in [0.717, 1.165) is 23.8 Å². The Hall–Kier alpha value is -1.97. The molecule has 1 rings (SSSR count). The lowest BCUT2D eigenvalue weighted by Gasteiger charge is -2.39. The standard InChI is InChI=1S/C15H25N3O10S/c1-17(2)12(22)11(29-5)16-28-15(24)18(3)6-26-14-9(21)7(19)8(20)10(27-14)13(23)25-4/h7-10,14,19-21H,6H2,1-5H3/b16-11+/t7-,8-,9+,10-,14+/m0/s1. The second-order valence-electron chi connectivity index (χ2n) is 6.07. The number of carbonyl (C=O) groups excluding carboxylic acids is 3. The van der Waals surface area contributed by atoms with Crippen LogP contribution in [0.5, 0.6) is 0 Å². The molecule has 0 saturated carbocycles. The molecule has 1 heterocycles. The number of carbonyl (C=O) groups is 3. The van der Waals surface area contributed by atoms with Gasteiger partial charge in [0.2, 0.25) is 5.04 Å². The van der Waals surface area contributed by atoms with Gasteiger partial charge in [0.1, 0.15) is 25.0 Å². The van der Waals surface area contributed by atoms with E-state index in [-0.39, 0.29) is 5.04 Å². The third-order valence-corrected chi connectivity index (χ3v) is 4.37. The Balaban J connectivity index is 2.67. The van der Waals surface area contributed by atoms with Gasteiger partial charge in [-0.15, -0.1) is 11.8 Å². The van der Waals surface area contributed by atoms with Crippen LogP contribution in [0.2, 0.25) is 0 Å². The average Bonchev–Trinajstić information content (AvgIpc) is 2.70. The average molecular weight is 439 g/mol. The van der Waals surface area contributed by atoms with E-state index in [4.69, 9.17) is 9.47 Å². The van der Waals surface area contributed by atoms with Crippen molar-refractivity contribution in [3.63, 3.8) is 0 Å². The lowest BCUT2D eigenvalue weighted by Crippen LogP contribution is -2.60. The molecule has 1 aliphatic heterocycles. The van der Waals surface area contributed by atoms with Crippen molar-refractivity contribution in [1.29, 1.82) is 0 Å². The number of aliphatic hydroxyl groups excluding tert-OH is 3. The van der Waals surface area contributed by atoms with Gasteiger partial charge in [-0.25, -0.2) is 9.59 Å². The molecule has 0 aromatic carbocycles. The van der Waals surface area contributed by atoms with E-state index in [1.54, 1.807) is 6.26 Å². The van der Waals surface area contributed by atoms with E-state index in [1.807, 2.05) is 0 Å². The fourth-order valence-electron chi connectivity index (χ4n) is 2.04. The summed E-state index contributed by atoms with van der Waals surface area (Å²) in [5, 5.41) is 33.0. The van der Waals surface area contributed by atoms with Gasteiger partial charge in [0, 0.05) is 21.1 Å². The zero-order valence-corrected chi connectivity index (χ0v) is 17.4. The summed E-state index contributed by atoms with van der Waals surface area (Å²) in [6, 6.07) is 0. The maximum Gasteiger partial charge on any atom is 0.437 e. The lowest BCUT2D eigenvalue weighted by atomic mass is 9.99. The number of esters is 1. The number of hydrogen-bond acceptors (Lipinski definition) is 12. The summed E-state index contributed by atoms with van der Waals surface area (Å²) in [4.78, 5) is 42.2. The molecule has 0 aromatic rings. The maximum atomic E-state index is 12.0. The molecule has 14 heteroatoms. The molecule has 1 saturated heterocycles. The van der Waals surface area contributed by atoms with Crippen LogP contribution in [0.3, 0.4) is 0 Å². The van der Waals surface area contributed by atoms with Crippen molar-refractivity contribution >= 4 is 34.8 Å². The number of rotatable bonds is 5. The van der Waals surface area contributed by atoms with E-state index < -0.39 is 55.4 Å². The third kappa shape index (κ3) is 6.52. The molecule has 0 unspecified atom stereocenters. The van der Waals surface area contributed by atoms with Crippen LogP contribution in [0.4, 0.5) is 4.79 Å². The highest BCUT2D eigenvalue weighted by Crippen LogP contribution is 2.23. The van der Waals surface area contributed by atoms with E-state index in [2.05, 4.69) is 14.7 Å². The highest BCUT2D eigenvalue weighted by molar-refractivity contribution is 8.15. The van der Waals surface area contributed by atoms with Gasteiger partial charge >= 0.3 is 12.1 Å². The second kappa shape index (κ2) is 11.3. The zero-order valence-electron chi connectivity index (χ0n) is 16.5. The second-order valence-corrected chi connectivity index (χ2v) is 6.87. The summed E-state index contributed by atoms with van der Waals surface area (Å²) in [6.07, 6.45) is -7.72. The monoisotopic (exact) mass is 439 g/mol. The van der Waals surface area contributed by atoms with Crippen LogP contribution < -0.4 is 0 Å². The molecule has 1 aliphatic rings. The Bertz CT molecular complexity index is 631. The number of amides is 2. The molecule has 1 fully saturated rings. The largest absolute Gasteiger partial charge is 0.467 e. The van der Waals surface area contributed by atoms with E-state index in [0.29, 0.717) is 0 Å². The lowest BCUT2D eigenvalue weighted by molar-refractivity contribution is -0.299. The molecule has 0 spiro atoms. The summed E-state index contributed by atoms with van der Waals surface area (Å²) in [6.45, 7) is -0.497. The summed E-state index contributed by atoms with van der Waals surface area (Å²) in [7, 11) is 5.35. The predicted molar refractivity (Wildman–Crippen MR) is 98.5 cm³/mol. The van der Waals surface area contributed by atoms with Gasteiger partial charge in [-0.1, -0.05) is 5.16 Å². The minimum absolute atomic E-state index is 0.0539. The first-order valence-corrected chi connectivity index (χ1v) is 9.42. The summed E-state index contributed by atoms with van der Waals surface area (Å²) >= 11 is 0.985. The minimum atomic E-state index is -1.75. The van der Waals surface area contributed by atoms with Crippen LogP contribution in [0.25, 0.3) is 0 Å². The molecule has 0 bridgehead atoms. The summed E-state index contributed by atoms with van der Waals surface area (Å²) in [5.74, 6) is -1.43. The van der Waals surface area contributed by atoms with Gasteiger partial charge in [0.15, 0.2) is 12.4 Å². The number of hydrogen-bond donors (Lipinski definition) is 3. The highest BCUT2D eigenvalue weighted by Gasteiger charge is 2.48. The van der Waals surface area contributed by atoms with Crippen molar-refractivity contribution in [3.8, 4) is 0 Å². The predicted octanol–water partition coefficient (Wildman–Crippen LogP) is -2.23. The fourth-order valence-corrected chi connectivity index (χ4v) is 2.51. The normalized spacial score (nSPS) is 27.2. The van der Waals surface area contributed by atoms with Crippen LogP contribution in [0.1, 0.15) is 0 Å². The molecule has 2 amide bonds. The van der Waals surface area contributed by atoms with Gasteiger partial charge < -0.3 is 34.4 Å². The van der Waals surface area contributed by atoms with Crippen LogP contribution >= 0.6 is 11.8 Å². The summed E-state index contributed by atoms with van der Waals surface area (Å²) < 4.78 is 14.8. The van der Waals surface area contributed by atoms with Gasteiger partial charge in [-0.2, -0.15) is 0 Å². The molecule has 0 aromatic heterocycles. The Morgan fingerprint density at radius 1 is 1.10 bits per heavy atom. The number of oxime groups is 1. The minimum Gasteiger partial charge on any atom is -0.467 e. The highest BCUT2D eigenvalue weighted by atomic mass is 32.2. The molecule has 0 aliphatic carbocycles. The molecular weight excluding hydrogens is 414 g/mol. The Morgan fingerprint density at radius 2 is 1.72 bits per heavy atom. The first-order valence-electron chi connectivity index (χ1n) is 8.19. The van der Waals surface area contributed by atoms with Gasteiger partial charge in [-0.3, -0.25) is 14.5 Å². The first-order chi connectivity index (χ1) is 13.5. The van der Waals surface area contributed by atoms with Crippen molar-refractivity contribution in [2.24, 2.45) is 5.16 Å². The Labute approximate surface area is 171 Å². The SMILES string of the molecule is COC(=O)[C@H]1O[C@@H](OCN(C)C(=O)O/N=C(/SC)C(=O)N(C)C)[C@H](O)[C@@H](O)[C@@H]1O. The van der Waals surface area contributed by atoms with Crippen LogP contribution in [-0.4, -0.2) is 120 Å². The molecule has 13 nitrogen and oxygen atoms in total. The molecule has 0 radical (unpaired) electrons. The Morgan fingerprint density at radius 3 is 2.24 bits per heavy atom. The van der Waals surface area contributed by atoms with Crippen LogP contribution in [0, 0.1) is 0 Å². The number of aliphatic hydroxyl groups is 3. The quantitative estimate of drug-likeness (QED) is 0.106. The van der Waals surface area contributed by atoms with Gasteiger partial charge in [-0.05, 0) is 6.26 Å². The number of thioether (sulfide) groups is 1. The zero-order chi connectivity index (χ0) is 22.3. The molecule has 166 valence electrons. The van der Waals surface area contributed by atoms with E-state index in [1.165, 1.54) is 26.0 Å². The van der Waals surface area contributed by atoms with Crippen LogP contribution in [-0.2, 0) is 28.6 Å². The fraction of sp³-hybridized carbons (Fsp3) is 0.733. The maximum absolute atomic E-state index is 12.0. The van der Waals surface area contributed by atoms with Gasteiger partial charge in [0.05, 0.1) is 7.11 Å². The number of methoxy groups -OCH3 is 1. The van der Waals surface area contributed by atoms with Crippen molar-refractivity contribution in [2.45, 2.75) is 30.7 Å². The van der Waals surface area contributed by atoms with Gasteiger partial charge in [0.25, 0.3) is 5.91 Å². The molecule has 3 N–H and O–H groups in total. The van der Waals surface area contributed by atoms with Crippen molar-refractivity contribution in [2.75, 3.05) is 41.2 Å². The van der Waals surface area contributed by atoms with Crippen molar-refractivity contribution in [3.05, 3.63) is 0 Å². The molecule has 29 heavy (non-hydrogen) atoms. The Kier molecular flexibility index (Phi) is 9.75. The topological polar surface area (TPSA) is 168 Å². The number of ether oxygens (including phenoxy) is 3. The van der Waals surface area contributed by atoms with E-state index in [9.17, 15) is 29.7 Å².